The van der Waals surface area contributed by atoms with E-state index in [1.807, 2.05) is 29.2 Å². The first kappa shape index (κ1) is 23.7. The average molecular weight is 444 g/mol. The van der Waals surface area contributed by atoms with Gasteiger partial charge < -0.3 is 19.4 Å². The predicted octanol–water partition coefficient (Wildman–Crippen LogP) is 2.98. The maximum absolute atomic E-state index is 14.2. The van der Waals surface area contributed by atoms with Crippen LogP contribution in [-0.2, 0) is 16.1 Å². The first-order valence-corrected chi connectivity index (χ1v) is 10.2. The molecular formula is C24H26F2N2O4. The zero-order valence-corrected chi connectivity index (χ0v) is 17.8. The third kappa shape index (κ3) is 6.76. The third-order valence-corrected chi connectivity index (χ3v) is 4.99. The first-order chi connectivity index (χ1) is 15.5. The molecule has 0 fully saturated rings. The minimum Gasteiger partial charge on any atom is -0.497 e. The number of rotatable bonds is 11. The van der Waals surface area contributed by atoms with E-state index in [1.165, 1.54) is 12.1 Å². The molecule has 8 heteroatoms. The molecule has 2 aromatic rings. The highest BCUT2D eigenvalue weighted by Crippen LogP contribution is 2.21. The number of hydrogen-bond acceptors (Lipinski definition) is 6. The summed E-state index contributed by atoms with van der Waals surface area (Å²) in [6.45, 7) is 0.876. The van der Waals surface area contributed by atoms with Crippen LogP contribution in [0.25, 0.3) is 0 Å². The van der Waals surface area contributed by atoms with Crippen molar-refractivity contribution in [3.8, 4) is 18.1 Å². The van der Waals surface area contributed by atoms with Crippen LogP contribution in [0.4, 0.5) is 8.78 Å². The molecule has 1 N–H and O–H groups in total. The molecule has 0 spiro atoms. The summed E-state index contributed by atoms with van der Waals surface area (Å²) >= 11 is 0. The minimum absolute atomic E-state index is 0.0473. The molecule has 1 heterocycles. The minimum atomic E-state index is -0.838. The second kappa shape index (κ2) is 11.6. The smallest absolute Gasteiger partial charge is 0.145 e. The van der Waals surface area contributed by atoms with E-state index in [-0.39, 0.29) is 32.4 Å². The molecule has 2 atom stereocenters. The Bertz CT molecular complexity index is 959. The number of halogens is 2. The Morgan fingerprint density at radius 1 is 1.28 bits per heavy atom. The summed E-state index contributed by atoms with van der Waals surface area (Å²) in [6.07, 6.45) is 4.59. The van der Waals surface area contributed by atoms with Gasteiger partial charge in [0.2, 0.25) is 0 Å². The Kier molecular flexibility index (Phi) is 8.56. The molecule has 0 unspecified atom stereocenters. The highest BCUT2D eigenvalue weighted by molar-refractivity contribution is 6.01. The maximum Gasteiger partial charge on any atom is 0.145 e. The monoisotopic (exact) mass is 444 g/mol. The summed E-state index contributed by atoms with van der Waals surface area (Å²) in [5.41, 5.74) is 2.04. The van der Waals surface area contributed by atoms with Crippen molar-refractivity contribution < 1.29 is 28.2 Å². The van der Waals surface area contributed by atoms with E-state index >= 15 is 0 Å². The van der Waals surface area contributed by atoms with Crippen LogP contribution in [0.15, 0.2) is 47.6 Å². The fraction of sp³-hybridized carbons (Fsp3) is 0.375. The molecule has 0 aliphatic carbocycles. The molecule has 0 saturated carbocycles. The lowest BCUT2D eigenvalue weighted by molar-refractivity contribution is 0.00391. The van der Waals surface area contributed by atoms with E-state index in [9.17, 15) is 13.9 Å². The zero-order chi connectivity index (χ0) is 22.9. The molecule has 170 valence electrons. The van der Waals surface area contributed by atoms with Crippen LogP contribution in [0, 0.1) is 24.0 Å². The number of aliphatic hydroxyl groups excluding tert-OH is 1. The van der Waals surface area contributed by atoms with Crippen molar-refractivity contribution in [1.29, 1.82) is 0 Å². The van der Waals surface area contributed by atoms with Crippen LogP contribution >= 0.6 is 0 Å². The molecule has 0 radical (unpaired) electrons. The number of hydrogen-bond donors (Lipinski definition) is 1. The van der Waals surface area contributed by atoms with Gasteiger partial charge in [-0.15, -0.1) is 6.42 Å². The lowest BCUT2D eigenvalue weighted by Gasteiger charge is -2.27. The number of nitrogens with zero attached hydrogens (tertiary/aromatic N) is 2. The van der Waals surface area contributed by atoms with Crippen LogP contribution in [0.1, 0.15) is 17.5 Å². The molecule has 3 rings (SSSR count). The van der Waals surface area contributed by atoms with E-state index in [4.69, 9.17) is 20.7 Å². The van der Waals surface area contributed by atoms with Gasteiger partial charge in [-0.05, 0) is 35.9 Å². The predicted molar refractivity (Wildman–Crippen MR) is 116 cm³/mol. The van der Waals surface area contributed by atoms with Gasteiger partial charge in [0.15, 0.2) is 0 Å². The molecule has 0 saturated heterocycles. The van der Waals surface area contributed by atoms with E-state index in [1.54, 1.807) is 7.11 Å². The van der Waals surface area contributed by atoms with Crippen LogP contribution in [0.5, 0.6) is 5.75 Å². The standard InChI is InChI=1S/C24H26F2N2O4/c1-3-10-31-16-20(29)14-28(13-18-4-7-19(25)11-23(18)26)15-22-12-24(27-32-22)17-5-8-21(30-2)9-6-17/h1,4-9,11,20,22,29H,10,12-16H2,2H3/t20-,22-/m1/s1. The van der Waals surface area contributed by atoms with E-state index in [0.717, 1.165) is 23.1 Å². The summed E-state index contributed by atoms with van der Waals surface area (Å²) in [7, 11) is 1.60. The molecule has 32 heavy (non-hydrogen) atoms. The lowest BCUT2D eigenvalue weighted by Crippen LogP contribution is -2.39. The van der Waals surface area contributed by atoms with Gasteiger partial charge in [-0.25, -0.2) is 8.78 Å². The van der Waals surface area contributed by atoms with Crippen LogP contribution < -0.4 is 4.74 Å². The van der Waals surface area contributed by atoms with Gasteiger partial charge in [-0.1, -0.05) is 17.1 Å². The van der Waals surface area contributed by atoms with Gasteiger partial charge in [0, 0.05) is 37.7 Å². The summed E-state index contributed by atoms with van der Waals surface area (Å²) in [5, 5.41) is 14.5. The van der Waals surface area contributed by atoms with Crippen LogP contribution in [0.2, 0.25) is 0 Å². The summed E-state index contributed by atoms with van der Waals surface area (Å²) in [5.74, 6) is 1.80. The highest BCUT2D eigenvalue weighted by Gasteiger charge is 2.26. The van der Waals surface area contributed by atoms with E-state index < -0.39 is 17.7 Å². The summed E-state index contributed by atoms with van der Waals surface area (Å²) in [6, 6.07) is 11.0. The third-order valence-electron chi connectivity index (χ3n) is 4.99. The van der Waals surface area contributed by atoms with Gasteiger partial charge in [0.05, 0.1) is 25.5 Å². The van der Waals surface area contributed by atoms with Gasteiger partial charge >= 0.3 is 0 Å². The Balaban J connectivity index is 1.64. The van der Waals surface area contributed by atoms with Gasteiger partial charge in [0.25, 0.3) is 0 Å². The zero-order valence-electron chi connectivity index (χ0n) is 17.8. The maximum atomic E-state index is 14.2. The highest BCUT2D eigenvalue weighted by atomic mass is 19.1. The Labute approximate surface area is 186 Å². The number of terminal acetylenes is 1. The number of benzene rings is 2. The Morgan fingerprint density at radius 3 is 2.75 bits per heavy atom. The van der Waals surface area contributed by atoms with Crippen molar-refractivity contribution in [2.75, 3.05) is 33.4 Å². The fourth-order valence-corrected chi connectivity index (χ4v) is 3.47. The molecule has 0 amide bonds. The second-order valence-corrected chi connectivity index (χ2v) is 7.50. The number of oxime groups is 1. The molecule has 2 aromatic carbocycles. The molecular weight excluding hydrogens is 418 g/mol. The lowest BCUT2D eigenvalue weighted by atomic mass is 10.0. The topological polar surface area (TPSA) is 63.5 Å². The molecule has 1 aliphatic rings. The summed E-state index contributed by atoms with van der Waals surface area (Å²) < 4.78 is 37.9. The number of methoxy groups -OCH3 is 1. The van der Waals surface area contributed by atoms with Crippen molar-refractivity contribution in [2.45, 2.75) is 25.2 Å². The summed E-state index contributed by atoms with van der Waals surface area (Å²) in [4.78, 5) is 7.43. The van der Waals surface area contributed by atoms with Crippen molar-refractivity contribution in [1.82, 2.24) is 4.90 Å². The SMILES string of the molecule is C#CCOC[C@H](O)CN(Cc1ccc(F)cc1F)C[C@H]1CC(c2ccc(OC)cc2)=NO1. The van der Waals surface area contributed by atoms with Crippen molar-refractivity contribution in [2.24, 2.45) is 5.16 Å². The molecule has 0 aromatic heterocycles. The number of ether oxygens (including phenoxy) is 2. The fourth-order valence-electron chi connectivity index (χ4n) is 3.47. The molecule has 6 nitrogen and oxygen atoms in total. The van der Waals surface area contributed by atoms with Gasteiger partial charge in [-0.2, -0.15) is 0 Å². The molecule has 0 bridgehead atoms. The first-order valence-electron chi connectivity index (χ1n) is 10.2. The molecule has 1 aliphatic heterocycles. The average Bonchev–Trinajstić information content (AvgIpc) is 3.24. The van der Waals surface area contributed by atoms with Gasteiger partial charge in [0.1, 0.15) is 30.1 Å². The van der Waals surface area contributed by atoms with E-state index in [0.29, 0.717) is 18.5 Å². The normalized spacial score (nSPS) is 16.4. The van der Waals surface area contributed by atoms with E-state index in [2.05, 4.69) is 11.1 Å². The van der Waals surface area contributed by atoms with Crippen molar-refractivity contribution >= 4 is 5.71 Å². The largest absolute Gasteiger partial charge is 0.497 e. The second-order valence-electron chi connectivity index (χ2n) is 7.50. The van der Waals surface area contributed by atoms with Crippen molar-refractivity contribution in [3.63, 3.8) is 0 Å². The Morgan fingerprint density at radius 2 is 2.06 bits per heavy atom. The quantitative estimate of drug-likeness (QED) is 0.427. The van der Waals surface area contributed by atoms with Crippen LogP contribution in [0.3, 0.4) is 0 Å². The van der Waals surface area contributed by atoms with Crippen LogP contribution in [-0.4, -0.2) is 61.3 Å². The Hall–Kier alpha value is -2.99. The number of aliphatic hydroxyl groups is 1. The van der Waals surface area contributed by atoms with Crippen molar-refractivity contribution in [3.05, 3.63) is 65.2 Å². The van der Waals surface area contributed by atoms with Gasteiger partial charge in [-0.3, -0.25) is 4.90 Å².